The van der Waals surface area contributed by atoms with Gasteiger partial charge in [0, 0.05) is 49.8 Å². The Kier molecular flexibility index (Phi) is 8.00. The summed E-state index contributed by atoms with van der Waals surface area (Å²) < 4.78 is 41.1. The van der Waals surface area contributed by atoms with Crippen LogP contribution in [-0.4, -0.2) is 47.1 Å². The van der Waals surface area contributed by atoms with Crippen molar-refractivity contribution in [3.05, 3.63) is 48.3 Å². The van der Waals surface area contributed by atoms with E-state index in [4.69, 9.17) is 0 Å². The maximum absolute atomic E-state index is 13.7. The number of halogens is 3. The van der Waals surface area contributed by atoms with Crippen molar-refractivity contribution < 1.29 is 13.2 Å². The molecule has 206 valence electrons. The minimum atomic E-state index is -4.54. The fourth-order valence-corrected chi connectivity index (χ4v) is 5.37. The minimum absolute atomic E-state index is 0.170. The molecule has 0 atom stereocenters. The average Bonchev–Trinajstić information content (AvgIpc) is 3.70. The zero-order valence-electron chi connectivity index (χ0n) is 22.2. The number of hydrogen-bond donors (Lipinski definition) is 2. The van der Waals surface area contributed by atoms with Gasteiger partial charge in [0.15, 0.2) is 0 Å². The topological polar surface area (TPSA) is 56.3 Å². The third-order valence-electron chi connectivity index (χ3n) is 8.21. The number of aromatic nitrogens is 2. The molecule has 2 aromatic rings. The Morgan fingerprint density at radius 3 is 2.53 bits per heavy atom. The summed E-state index contributed by atoms with van der Waals surface area (Å²) in [6, 6.07) is 6.88. The molecule has 2 N–H and O–H groups in total. The molecule has 2 aliphatic carbocycles. The molecule has 3 aliphatic rings. The van der Waals surface area contributed by atoms with Gasteiger partial charge in [-0.2, -0.15) is 18.2 Å². The van der Waals surface area contributed by atoms with E-state index in [1.807, 2.05) is 12.3 Å². The van der Waals surface area contributed by atoms with Crippen LogP contribution >= 0.6 is 0 Å². The van der Waals surface area contributed by atoms with Crippen LogP contribution in [-0.2, 0) is 6.18 Å². The van der Waals surface area contributed by atoms with Crippen molar-refractivity contribution in [3.8, 4) is 0 Å². The molecule has 0 bridgehead atoms. The van der Waals surface area contributed by atoms with Crippen molar-refractivity contribution >= 4 is 23.1 Å². The second-order valence-electron chi connectivity index (χ2n) is 11.1. The van der Waals surface area contributed by atoms with Gasteiger partial charge in [0.05, 0.1) is 0 Å². The number of anilines is 4. The Labute approximate surface area is 223 Å². The molecule has 0 unspecified atom stereocenters. The molecule has 0 spiro atoms. The normalized spacial score (nSPS) is 18.7. The van der Waals surface area contributed by atoms with Crippen LogP contribution in [0.25, 0.3) is 0 Å². The van der Waals surface area contributed by atoms with E-state index < -0.39 is 11.7 Å². The van der Waals surface area contributed by atoms with E-state index in [0.29, 0.717) is 24.9 Å². The number of rotatable bonds is 11. The SMILES string of the molecule is C=CN(CCCNc1nc(Nc2ccc(N3CCC(C)CC3)cc2C2CC2)ncc1C(F)(F)F)C1CCC1. The summed E-state index contributed by atoms with van der Waals surface area (Å²) >= 11 is 0. The summed E-state index contributed by atoms with van der Waals surface area (Å²) in [7, 11) is 0. The molecular weight excluding hydrogens is 489 g/mol. The van der Waals surface area contributed by atoms with Gasteiger partial charge in [-0.15, -0.1) is 0 Å². The van der Waals surface area contributed by atoms with Crippen LogP contribution < -0.4 is 15.5 Å². The Balaban J connectivity index is 1.29. The second kappa shape index (κ2) is 11.4. The lowest BCUT2D eigenvalue weighted by molar-refractivity contribution is -0.137. The first-order chi connectivity index (χ1) is 18.3. The summed E-state index contributed by atoms with van der Waals surface area (Å²) in [5.74, 6) is 1.22. The van der Waals surface area contributed by atoms with Crippen LogP contribution in [0, 0.1) is 5.92 Å². The fourth-order valence-electron chi connectivity index (χ4n) is 5.37. The molecule has 2 saturated carbocycles. The van der Waals surface area contributed by atoms with Crippen molar-refractivity contribution in [1.29, 1.82) is 0 Å². The van der Waals surface area contributed by atoms with Crippen molar-refractivity contribution in [3.63, 3.8) is 0 Å². The van der Waals surface area contributed by atoms with Gasteiger partial charge in [-0.05, 0) is 93.2 Å². The predicted molar refractivity (Wildman–Crippen MR) is 147 cm³/mol. The Morgan fingerprint density at radius 2 is 1.89 bits per heavy atom. The molecule has 0 radical (unpaired) electrons. The lowest BCUT2D eigenvalue weighted by atomic mass is 9.91. The highest BCUT2D eigenvalue weighted by atomic mass is 19.4. The number of alkyl halides is 3. The molecular formula is C29H39F3N6. The lowest BCUT2D eigenvalue weighted by Crippen LogP contribution is -2.37. The Bertz CT molecular complexity index is 1100. The molecule has 1 aromatic carbocycles. The van der Waals surface area contributed by atoms with Crippen LogP contribution in [0.2, 0.25) is 0 Å². The second-order valence-corrected chi connectivity index (χ2v) is 11.1. The van der Waals surface area contributed by atoms with E-state index >= 15 is 0 Å². The van der Waals surface area contributed by atoms with Crippen LogP contribution in [0.4, 0.5) is 36.3 Å². The molecule has 0 amide bonds. The molecule has 1 aliphatic heterocycles. The van der Waals surface area contributed by atoms with Gasteiger partial charge >= 0.3 is 6.18 Å². The first-order valence-electron chi connectivity index (χ1n) is 14.0. The molecule has 1 aromatic heterocycles. The van der Waals surface area contributed by atoms with Gasteiger partial charge in [-0.3, -0.25) is 0 Å². The average molecular weight is 529 g/mol. The van der Waals surface area contributed by atoms with Crippen molar-refractivity contribution in [2.75, 3.05) is 41.7 Å². The third-order valence-corrected chi connectivity index (χ3v) is 8.21. The molecule has 3 fully saturated rings. The van der Waals surface area contributed by atoms with Crippen molar-refractivity contribution in [1.82, 2.24) is 14.9 Å². The fraction of sp³-hybridized carbons (Fsp3) is 0.586. The van der Waals surface area contributed by atoms with E-state index in [1.54, 1.807) is 0 Å². The number of hydrogen-bond acceptors (Lipinski definition) is 6. The first kappa shape index (κ1) is 26.6. The van der Waals surface area contributed by atoms with Crippen LogP contribution in [0.3, 0.4) is 0 Å². The van der Waals surface area contributed by atoms with E-state index in [2.05, 4.69) is 56.0 Å². The summed E-state index contributed by atoms with van der Waals surface area (Å²) in [5, 5.41) is 6.16. The maximum atomic E-state index is 13.7. The van der Waals surface area contributed by atoms with Gasteiger partial charge in [0.1, 0.15) is 11.4 Å². The van der Waals surface area contributed by atoms with E-state index in [-0.39, 0.29) is 11.8 Å². The Morgan fingerprint density at radius 1 is 1.13 bits per heavy atom. The van der Waals surface area contributed by atoms with E-state index in [1.165, 1.54) is 30.5 Å². The minimum Gasteiger partial charge on any atom is -0.375 e. The summed E-state index contributed by atoms with van der Waals surface area (Å²) in [5.41, 5.74) is 2.43. The molecule has 5 rings (SSSR count). The lowest BCUT2D eigenvalue weighted by Gasteiger charge is -2.36. The maximum Gasteiger partial charge on any atom is 0.421 e. The monoisotopic (exact) mass is 528 g/mol. The van der Waals surface area contributed by atoms with Crippen molar-refractivity contribution in [2.24, 2.45) is 5.92 Å². The highest BCUT2D eigenvalue weighted by molar-refractivity contribution is 5.67. The largest absolute Gasteiger partial charge is 0.421 e. The number of nitrogens with zero attached hydrogens (tertiary/aromatic N) is 4. The Hall–Kier alpha value is -2.97. The molecule has 1 saturated heterocycles. The van der Waals surface area contributed by atoms with Gasteiger partial charge in [-0.25, -0.2) is 4.98 Å². The highest BCUT2D eigenvalue weighted by Gasteiger charge is 2.35. The predicted octanol–water partition coefficient (Wildman–Crippen LogP) is 7.15. The summed E-state index contributed by atoms with van der Waals surface area (Å²) in [4.78, 5) is 12.9. The van der Waals surface area contributed by atoms with Crippen LogP contribution in [0.15, 0.2) is 37.2 Å². The van der Waals surface area contributed by atoms with Crippen LogP contribution in [0.5, 0.6) is 0 Å². The van der Waals surface area contributed by atoms with Crippen LogP contribution in [0.1, 0.15) is 75.3 Å². The van der Waals surface area contributed by atoms with Gasteiger partial charge in [0.2, 0.25) is 5.95 Å². The van der Waals surface area contributed by atoms with Gasteiger partial charge in [-0.1, -0.05) is 13.5 Å². The first-order valence-corrected chi connectivity index (χ1v) is 14.0. The van der Waals surface area contributed by atoms with Crippen molar-refractivity contribution in [2.45, 2.75) is 76.4 Å². The summed E-state index contributed by atoms with van der Waals surface area (Å²) in [6.45, 7) is 9.44. The van der Waals surface area contributed by atoms with E-state index in [0.717, 1.165) is 63.1 Å². The molecule has 6 nitrogen and oxygen atoms in total. The quantitative estimate of drug-likeness (QED) is 0.302. The highest BCUT2D eigenvalue weighted by Crippen LogP contribution is 2.45. The zero-order chi connectivity index (χ0) is 26.7. The number of benzene rings is 1. The third kappa shape index (κ3) is 6.35. The van der Waals surface area contributed by atoms with E-state index in [9.17, 15) is 13.2 Å². The molecule has 2 heterocycles. The zero-order valence-corrected chi connectivity index (χ0v) is 22.2. The molecule has 38 heavy (non-hydrogen) atoms. The van der Waals surface area contributed by atoms with Gasteiger partial charge < -0.3 is 20.4 Å². The molecule has 9 heteroatoms. The van der Waals surface area contributed by atoms with Gasteiger partial charge in [0.25, 0.3) is 0 Å². The summed E-state index contributed by atoms with van der Waals surface area (Å²) in [6.07, 6.45) is 7.04. The number of nitrogens with one attached hydrogen (secondary N) is 2. The standard InChI is InChI=1S/C29H39F3N6/c1-3-37(22-6-4-7-22)15-5-14-33-27-25(29(30,31)32)19-34-28(36-27)35-26-11-10-23(18-24(26)21-8-9-21)38-16-12-20(2)13-17-38/h3,10-11,18-22H,1,4-9,12-17H2,2H3,(H2,33,34,35,36). The smallest absolute Gasteiger partial charge is 0.375 e. The number of piperidine rings is 1.